The van der Waals surface area contributed by atoms with Crippen molar-refractivity contribution in [1.29, 1.82) is 0 Å². The fourth-order valence-corrected chi connectivity index (χ4v) is 2.82. The third-order valence-corrected chi connectivity index (χ3v) is 4.24. The van der Waals surface area contributed by atoms with Crippen molar-refractivity contribution in [2.24, 2.45) is 5.92 Å². The second-order valence-corrected chi connectivity index (χ2v) is 6.94. The van der Waals surface area contributed by atoms with E-state index in [1.165, 1.54) is 12.7 Å². The van der Waals surface area contributed by atoms with Crippen molar-refractivity contribution < 1.29 is 14.3 Å². The molecule has 0 radical (unpaired) electrons. The van der Waals surface area contributed by atoms with E-state index in [9.17, 15) is 9.59 Å². The van der Waals surface area contributed by atoms with Crippen molar-refractivity contribution >= 4 is 11.9 Å². The molecular weight excluding hydrogens is 278 g/mol. The number of nitrogens with zero attached hydrogens (tertiary/aromatic N) is 1. The van der Waals surface area contributed by atoms with E-state index < -0.39 is 0 Å². The molecule has 0 N–H and O–H groups in total. The van der Waals surface area contributed by atoms with Crippen LogP contribution in [0.4, 0.5) is 0 Å². The molecule has 1 saturated heterocycles. The van der Waals surface area contributed by atoms with E-state index in [2.05, 4.69) is 20.8 Å². The first-order valence-corrected chi connectivity index (χ1v) is 7.80. The van der Waals surface area contributed by atoms with Crippen LogP contribution in [0.1, 0.15) is 49.5 Å². The molecule has 1 aromatic rings. The van der Waals surface area contributed by atoms with E-state index in [-0.39, 0.29) is 23.2 Å². The number of piperidine rings is 1. The number of carbonyl (C=O) groups is 2. The lowest BCUT2D eigenvalue weighted by molar-refractivity contribution is -0.146. The molecule has 1 unspecified atom stereocenters. The Labute approximate surface area is 132 Å². The Morgan fingerprint density at radius 2 is 1.82 bits per heavy atom. The van der Waals surface area contributed by atoms with E-state index in [0.717, 1.165) is 12.8 Å². The molecule has 4 heteroatoms. The third kappa shape index (κ3) is 3.67. The Kier molecular flexibility index (Phi) is 4.89. The van der Waals surface area contributed by atoms with Gasteiger partial charge in [0.2, 0.25) is 0 Å². The number of esters is 1. The van der Waals surface area contributed by atoms with Crippen molar-refractivity contribution in [2.75, 3.05) is 20.2 Å². The maximum atomic E-state index is 12.6. The summed E-state index contributed by atoms with van der Waals surface area (Å²) in [7, 11) is 1.40. The molecule has 120 valence electrons. The lowest BCUT2D eigenvalue weighted by Crippen LogP contribution is -2.42. The van der Waals surface area contributed by atoms with Gasteiger partial charge in [0, 0.05) is 18.7 Å². The number of amides is 1. The van der Waals surface area contributed by atoms with Gasteiger partial charge in [0.1, 0.15) is 0 Å². The predicted octanol–water partition coefficient (Wildman–Crippen LogP) is 3.01. The lowest BCUT2D eigenvalue weighted by atomic mass is 9.86. The van der Waals surface area contributed by atoms with Crippen molar-refractivity contribution in [2.45, 2.75) is 39.0 Å². The molecule has 1 heterocycles. The standard InChI is InChI=1S/C18H25NO3/c1-18(2,3)15-9-7-13(8-10-15)16(20)19-11-5-6-14(12-19)17(21)22-4/h7-10,14H,5-6,11-12H2,1-4H3. The zero-order chi connectivity index (χ0) is 16.3. The van der Waals surface area contributed by atoms with Crippen LogP contribution in [0.5, 0.6) is 0 Å². The highest BCUT2D eigenvalue weighted by Crippen LogP contribution is 2.24. The molecule has 1 aromatic carbocycles. The van der Waals surface area contributed by atoms with Crippen molar-refractivity contribution in [3.63, 3.8) is 0 Å². The summed E-state index contributed by atoms with van der Waals surface area (Å²) in [5.74, 6) is -0.425. The predicted molar refractivity (Wildman–Crippen MR) is 85.8 cm³/mol. The number of carbonyl (C=O) groups excluding carboxylic acids is 2. The van der Waals surface area contributed by atoms with Crippen LogP contribution in [-0.2, 0) is 14.9 Å². The minimum absolute atomic E-state index is 0.00550. The van der Waals surface area contributed by atoms with Gasteiger partial charge in [-0.25, -0.2) is 0 Å². The molecular formula is C18H25NO3. The molecule has 0 bridgehead atoms. The molecule has 22 heavy (non-hydrogen) atoms. The van der Waals surface area contributed by atoms with Gasteiger partial charge in [-0.2, -0.15) is 0 Å². The van der Waals surface area contributed by atoms with Crippen LogP contribution >= 0.6 is 0 Å². The first-order valence-electron chi connectivity index (χ1n) is 7.80. The molecule has 0 aromatic heterocycles. The molecule has 1 amide bonds. The largest absolute Gasteiger partial charge is 0.469 e. The number of rotatable bonds is 2. The summed E-state index contributed by atoms with van der Waals surface area (Å²) in [6.45, 7) is 7.60. The minimum Gasteiger partial charge on any atom is -0.469 e. The van der Waals surface area contributed by atoms with Crippen LogP contribution in [-0.4, -0.2) is 37.0 Å². The topological polar surface area (TPSA) is 46.6 Å². The van der Waals surface area contributed by atoms with Crippen LogP contribution < -0.4 is 0 Å². The highest BCUT2D eigenvalue weighted by atomic mass is 16.5. The number of hydrogen-bond donors (Lipinski definition) is 0. The molecule has 4 nitrogen and oxygen atoms in total. The molecule has 1 atom stereocenters. The zero-order valence-corrected chi connectivity index (χ0v) is 13.9. The van der Waals surface area contributed by atoms with Gasteiger partial charge in [-0.1, -0.05) is 32.9 Å². The van der Waals surface area contributed by atoms with Gasteiger partial charge in [-0.05, 0) is 36.0 Å². The van der Waals surface area contributed by atoms with E-state index in [0.29, 0.717) is 18.7 Å². The van der Waals surface area contributed by atoms with Crippen LogP contribution in [0, 0.1) is 5.92 Å². The smallest absolute Gasteiger partial charge is 0.310 e. The van der Waals surface area contributed by atoms with E-state index in [1.54, 1.807) is 4.90 Å². The highest BCUT2D eigenvalue weighted by Gasteiger charge is 2.29. The second-order valence-electron chi connectivity index (χ2n) is 6.94. The van der Waals surface area contributed by atoms with E-state index in [1.807, 2.05) is 24.3 Å². The maximum Gasteiger partial charge on any atom is 0.310 e. The molecule has 2 rings (SSSR count). The van der Waals surface area contributed by atoms with Gasteiger partial charge in [0.25, 0.3) is 5.91 Å². The molecule has 0 saturated carbocycles. The second kappa shape index (κ2) is 6.51. The third-order valence-electron chi connectivity index (χ3n) is 4.24. The number of methoxy groups -OCH3 is 1. The Balaban J connectivity index is 2.09. The number of likely N-dealkylation sites (tertiary alicyclic amines) is 1. The van der Waals surface area contributed by atoms with Crippen LogP contribution in [0.25, 0.3) is 0 Å². The van der Waals surface area contributed by atoms with Gasteiger partial charge in [0.05, 0.1) is 13.0 Å². The van der Waals surface area contributed by atoms with Gasteiger partial charge in [-0.15, -0.1) is 0 Å². The monoisotopic (exact) mass is 303 g/mol. The molecule has 1 aliphatic rings. The fourth-order valence-electron chi connectivity index (χ4n) is 2.82. The Bertz CT molecular complexity index is 542. The number of benzene rings is 1. The van der Waals surface area contributed by atoms with Crippen molar-refractivity contribution in [1.82, 2.24) is 4.90 Å². The van der Waals surface area contributed by atoms with Gasteiger partial charge in [-0.3, -0.25) is 9.59 Å². The van der Waals surface area contributed by atoms with Crippen molar-refractivity contribution in [3.05, 3.63) is 35.4 Å². The van der Waals surface area contributed by atoms with E-state index in [4.69, 9.17) is 4.74 Å². The summed E-state index contributed by atoms with van der Waals surface area (Å²) < 4.78 is 4.80. The van der Waals surface area contributed by atoms with Crippen LogP contribution in [0.15, 0.2) is 24.3 Å². The van der Waals surface area contributed by atoms with E-state index >= 15 is 0 Å². The van der Waals surface area contributed by atoms with Gasteiger partial charge >= 0.3 is 5.97 Å². The van der Waals surface area contributed by atoms with Crippen LogP contribution in [0.2, 0.25) is 0 Å². The lowest BCUT2D eigenvalue weighted by Gasteiger charge is -2.31. The minimum atomic E-state index is -0.222. The highest BCUT2D eigenvalue weighted by molar-refractivity contribution is 5.94. The first-order chi connectivity index (χ1) is 10.3. The molecule has 0 aliphatic carbocycles. The maximum absolute atomic E-state index is 12.6. The molecule has 1 fully saturated rings. The first kappa shape index (κ1) is 16.5. The Hall–Kier alpha value is -1.84. The quantitative estimate of drug-likeness (QED) is 0.789. The molecule has 0 spiro atoms. The molecule has 1 aliphatic heterocycles. The average Bonchev–Trinajstić information content (AvgIpc) is 2.53. The Morgan fingerprint density at radius 3 is 2.36 bits per heavy atom. The van der Waals surface area contributed by atoms with Crippen LogP contribution in [0.3, 0.4) is 0 Å². The summed E-state index contributed by atoms with van der Waals surface area (Å²) in [6.07, 6.45) is 1.63. The fraction of sp³-hybridized carbons (Fsp3) is 0.556. The summed E-state index contributed by atoms with van der Waals surface area (Å²) in [6, 6.07) is 7.78. The van der Waals surface area contributed by atoms with Gasteiger partial charge < -0.3 is 9.64 Å². The van der Waals surface area contributed by atoms with Crippen molar-refractivity contribution in [3.8, 4) is 0 Å². The normalized spacial score (nSPS) is 18.9. The van der Waals surface area contributed by atoms with Gasteiger partial charge in [0.15, 0.2) is 0 Å². The average molecular weight is 303 g/mol. The summed E-state index contributed by atoms with van der Waals surface area (Å²) >= 11 is 0. The summed E-state index contributed by atoms with van der Waals surface area (Å²) in [4.78, 5) is 26.0. The Morgan fingerprint density at radius 1 is 1.18 bits per heavy atom. The summed E-state index contributed by atoms with van der Waals surface area (Å²) in [5, 5.41) is 0. The zero-order valence-electron chi connectivity index (χ0n) is 13.9. The SMILES string of the molecule is COC(=O)C1CCCN(C(=O)c2ccc(C(C)(C)C)cc2)C1. The number of hydrogen-bond acceptors (Lipinski definition) is 3. The summed E-state index contributed by atoms with van der Waals surface area (Å²) in [5.41, 5.74) is 1.96. The number of ether oxygens (including phenoxy) is 1.